The van der Waals surface area contributed by atoms with Crippen molar-refractivity contribution in [2.45, 2.75) is 51.4 Å². The van der Waals surface area contributed by atoms with Gasteiger partial charge in [0.15, 0.2) is 0 Å². The summed E-state index contributed by atoms with van der Waals surface area (Å²) in [5.41, 5.74) is 7.04. The summed E-state index contributed by atoms with van der Waals surface area (Å²) in [6, 6.07) is 0. The molecule has 0 aliphatic heterocycles. The van der Waals surface area contributed by atoms with Crippen molar-refractivity contribution < 1.29 is 37.0 Å². The normalized spacial score (nSPS) is 18.5. The zero-order valence-electron chi connectivity index (χ0n) is 13.0. The Morgan fingerprint density at radius 1 is 0.750 bits per heavy atom. The van der Waals surface area contributed by atoms with Gasteiger partial charge in [-0.25, -0.2) is 0 Å². The minimum absolute atomic E-state index is 0. The molecule has 3 aliphatic rings. The van der Waals surface area contributed by atoms with E-state index in [1.54, 1.807) is 22.3 Å². The average Bonchev–Trinajstić information content (AvgIpc) is 2.92. The van der Waals surface area contributed by atoms with Crippen molar-refractivity contribution in [2.75, 3.05) is 21.3 Å². The van der Waals surface area contributed by atoms with E-state index in [0.717, 1.165) is 21.3 Å². The van der Waals surface area contributed by atoms with Crippen LogP contribution in [0.2, 0.25) is 0 Å². The van der Waals surface area contributed by atoms with Crippen molar-refractivity contribution in [3.05, 3.63) is 28.7 Å². The van der Waals surface area contributed by atoms with Gasteiger partial charge in [0.2, 0.25) is 0 Å². The fourth-order valence-electron chi connectivity index (χ4n) is 3.11. The van der Waals surface area contributed by atoms with E-state index in [2.05, 4.69) is 6.42 Å². The zero-order chi connectivity index (χ0) is 14.7. The molecular weight excluding hydrogens is 288 g/mol. The molecule has 0 spiro atoms. The molecule has 3 nitrogen and oxygen atoms in total. The van der Waals surface area contributed by atoms with Crippen molar-refractivity contribution in [1.29, 1.82) is 0 Å². The SMILES string of the molecule is C[O-].C[O-].C[O-].[CH-]1CCCC2=C1C1=C(CCCC1)C2.[Ti+4]. The Bertz CT molecular complexity index is 279. The molecule has 3 rings (SSSR count). The van der Waals surface area contributed by atoms with Gasteiger partial charge in [0, 0.05) is 0 Å². The maximum atomic E-state index is 8.25. The summed E-state index contributed by atoms with van der Waals surface area (Å²) in [4.78, 5) is 0. The summed E-state index contributed by atoms with van der Waals surface area (Å²) >= 11 is 0. The molecular formula is C16H26O3Ti. The van der Waals surface area contributed by atoms with Crippen LogP contribution in [0.5, 0.6) is 0 Å². The quantitative estimate of drug-likeness (QED) is 0.492. The molecule has 3 aliphatic carbocycles. The van der Waals surface area contributed by atoms with E-state index in [1.165, 1.54) is 51.4 Å². The molecule has 0 saturated heterocycles. The Kier molecular flexibility index (Phi) is 15.5. The molecule has 0 saturated carbocycles. The molecule has 0 radical (unpaired) electrons. The van der Waals surface area contributed by atoms with E-state index in [4.69, 9.17) is 15.3 Å². The largest absolute Gasteiger partial charge is 4.00 e. The second kappa shape index (κ2) is 13.9. The van der Waals surface area contributed by atoms with Gasteiger partial charge in [-0.1, -0.05) is 44.9 Å². The topological polar surface area (TPSA) is 69.2 Å². The van der Waals surface area contributed by atoms with E-state index in [0.29, 0.717) is 0 Å². The van der Waals surface area contributed by atoms with Gasteiger partial charge in [0.25, 0.3) is 0 Å². The molecule has 112 valence electrons. The van der Waals surface area contributed by atoms with Crippen molar-refractivity contribution in [1.82, 2.24) is 0 Å². The van der Waals surface area contributed by atoms with Crippen LogP contribution in [0, 0.1) is 6.42 Å². The van der Waals surface area contributed by atoms with Crippen LogP contribution in [0.15, 0.2) is 22.3 Å². The molecule has 0 aromatic heterocycles. The van der Waals surface area contributed by atoms with E-state index < -0.39 is 0 Å². The smallest absolute Gasteiger partial charge is 0.857 e. The molecule has 0 N–H and O–H groups in total. The van der Waals surface area contributed by atoms with Crippen molar-refractivity contribution >= 4 is 0 Å². The van der Waals surface area contributed by atoms with E-state index in [-0.39, 0.29) is 21.7 Å². The Balaban J connectivity index is 0. The fourth-order valence-corrected chi connectivity index (χ4v) is 3.11. The molecule has 0 bridgehead atoms. The third-order valence-electron chi connectivity index (χ3n) is 3.75. The second-order valence-electron chi connectivity index (χ2n) is 4.58. The first-order valence-electron chi connectivity index (χ1n) is 6.94. The van der Waals surface area contributed by atoms with Crippen LogP contribution in [0.1, 0.15) is 51.4 Å². The van der Waals surface area contributed by atoms with E-state index in [9.17, 15) is 0 Å². The van der Waals surface area contributed by atoms with E-state index in [1.807, 2.05) is 0 Å². The van der Waals surface area contributed by atoms with Gasteiger partial charge in [0.1, 0.15) is 0 Å². The fraction of sp³-hybridized carbons (Fsp3) is 0.688. The van der Waals surface area contributed by atoms with Crippen LogP contribution in [0.4, 0.5) is 0 Å². The molecule has 0 amide bonds. The summed E-state index contributed by atoms with van der Waals surface area (Å²) < 4.78 is 0. The van der Waals surface area contributed by atoms with Crippen LogP contribution >= 0.6 is 0 Å². The van der Waals surface area contributed by atoms with Crippen molar-refractivity contribution in [2.24, 2.45) is 0 Å². The third-order valence-corrected chi connectivity index (χ3v) is 3.75. The summed E-state index contributed by atoms with van der Waals surface area (Å²) in [6.07, 6.45) is 13.6. The number of rotatable bonds is 0. The first-order chi connectivity index (χ1) is 9.45. The maximum absolute atomic E-state index is 8.25. The predicted molar refractivity (Wildman–Crippen MR) is 73.1 cm³/mol. The monoisotopic (exact) mass is 314 g/mol. The van der Waals surface area contributed by atoms with Crippen LogP contribution in [-0.2, 0) is 21.7 Å². The van der Waals surface area contributed by atoms with E-state index >= 15 is 0 Å². The molecule has 20 heavy (non-hydrogen) atoms. The Hall–Kier alpha value is -0.0557. The molecule has 4 heteroatoms. The third kappa shape index (κ3) is 5.75. The number of hydrogen-bond donors (Lipinski definition) is 0. The zero-order valence-corrected chi connectivity index (χ0v) is 14.5. The minimum Gasteiger partial charge on any atom is -0.857 e. The second-order valence-corrected chi connectivity index (χ2v) is 4.58. The van der Waals surface area contributed by atoms with Gasteiger partial charge < -0.3 is 15.3 Å². The minimum atomic E-state index is 0. The summed E-state index contributed by atoms with van der Waals surface area (Å²) in [5, 5.41) is 24.8. The van der Waals surface area contributed by atoms with Gasteiger partial charge in [0.05, 0.1) is 0 Å². The average molecular weight is 314 g/mol. The summed E-state index contributed by atoms with van der Waals surface area (Å²) in [5.74, 6) is 0. The Labute approximate surface area is 138 Å². The standard InChI is InChI=1S/C13H17.3CH3O.Ti/c1-3-7-12-10(5-1)9-11-6-2-4-8-13(11)12;3*1-2;/h7H,1-6,8-9H2;3*1H3;/q4*-1;+4. The maximum Gasteiger partial charge on any atom is 4.00 e. The molecule has 0 unspecified atom stereocenters. The summed E-state index contributed by atoms with van der Waals surface area (Å²) in [7, 11) is 2.25. The molecule has 0 heterocycles. The van der Waals surface area contributed by atoms with Gasteiger partial charge in [-0.3, -0.25) is 0 Å². The van der Waals surface area contributed by atoms with Crippen LogP contribution < -0.4 is 15.3 Å². The number of hydrogen-bond acceptors (Lipinski definition) is 3. The van der Waals surface area contributed by atoms with Crippen LogP contribution in [0.3, 0.4) is 0 Å². The molecule has 0 aromatic carbocycles. The first-order valence-corrected chi connectivity index (χ1v) is 6.94. The predicted octanol–water partition coefficient (Wildman–Crippen LogP) is 0.872. The molecule has 0 atom stereocenters. The van der Waals surface area contributed by atoms with Crippen LogP contribution in [0.25, 0.3) is 0 Å². The van der Waals surface area contributed by atoms with Crippen molar-refractivity contribution in [3.63, 3.8) is 0 Å². The van der Waals surface area contributed by atoms with Gasteiger partial charge in [-0.15, -0.1) is 5.57 Å². The number of allylic oxidation sites excluding steroid dienone is 4. The first kappa shape index (κ1) is 22.2. The van der Waals surface area contributed by atoms with Gasteiger partial charge >= 0.3 is 21.7 Å². The van der Waals surface area contributed by atoms with Crippen molar-refractivity contribution in [3.8, 4) is 0 Å². The molecule has 0 fully saturated rings. The molecule has 0 aromatic rings. The van der Waals surface area contributed by atoms with Crippen LogP contribution in [-0.4, -0.2) is 21.3 Å². The van der Waals surface area contributed by atoms with Gasteiger partial charge in [-0.2, -0.15) is 44.5 Å². The number of fused-ring (bicyclic) bond motifs is 1. The summed E-state index contributed by atoms with van der Waals surface area (Å²) in [6.45, 7) is 0. The Morgan fingerprint density at radius 2 is 1.30 bits per heavy atom. The Morgan fingerprint density at radius 3 is 1.95 bits per heavy atom. The van der Waals surface area contributed by atoms with Gasteiger partial charge in [-0.05, 0) is 6.42 Å².